The highest BCUT2D eigenvalue weighted by atomic mass is 35.5. The molecule has 4 aliphatic carbocycles. The highest BCUT2D eigenvalue weighted by molar-refractivity contribution is 7.85. The van der Waals surface area contributed by atoms with Gasteiger partial charge in [0, 0.05) is 51.7 Å². The van der Waals surface area contributed by atoms with Gasteiger partial charge in [0.25, 0.3) is 16.0 Å². The summed E-state index contributed by atoms with van der Waals surface area (Å²) in [7, 11) is -6.91. The predicted octanol–water partition coefficient (Wildman–Crippen LogP) is 15.3. The van der Waals surface area contributed by atoms with E-state index in [4.69, 9.17) is 116 Å². The van der Waals surface area contributed by atoms with E-state index in [2.05, 4.69) is 15.6 Å². The summed E-state index contributed by atoms with van der Waals surface area (Å²) < 4.78 is 76.5. The summed E-state index contributed by atoms with van der Waals surface area (Å²) in [5.41, 5.74) is 14.5. The molecular weight excluding hydrogens is 1290 g/mol. The molecule has 4 fully saturated rings. The van der Waals surface area contributed by atoms with Crippen molar-refractivity contribution in [3.8, 4) is 34.0 Å². The van der Waals surface area contributed by atoms with Gasteiger partial charge in [-0.05, 0) is 164 Å². The van der Waals surface area contributed by atoms with Crippen molar-refractivity contribution in [2.75, 3.05) is 18.8 Å². The average molecular weight is 1340 g/mol. The lowest BCUT2D eigenvalue weighted by Gasteiger charge is -2.11. The number of carboxylic acid groups (broad SMARTS) is 1. The van der Waals surface area contributed by atoms with Crippen molar-refractivity contribution in [2.45, 2.75) is 94.2 Å². The number of nitrogens with one attached hydrogen (secondary N) is 1. The van der Waals surface area contributed by atoms with Crippen LogP contribution in [0.4, 0.5) is 0 Å². The number of ether oxygens (including phenoxy) is 2. The summed E-state index contributed by atoms with van der Waals surface area (Å²) in [5, 5.41) is 24.0. The number of carboxylic acids is 1. The van der Waals surface area contributed by atoms with Crippen LogP contribution >= 0.6 is 69.6 Å². The number of carbonyl (C=O) groups excluding carboxylic acids is 1. The topological polar surface area (TPSA) is 269 Å². The first-order valence-corrected chi connectivity index (χ1v) is 32.4. The minimum atomic E-state index is -3.80. The number of benzene rings is 6. The Labute approximate surface area is 533 Å². The molecule has 17 nitrogen and oxygen atoms in total. The van der Waals surface area contributed by atoms with Gasteiger partial charge in [-0.15, -0.1) is 12.6 Å². The number of amides is 1. The first-order chi connectivity index (χ1) is 41.6. The number of hydrogen-bond donors (Lipinski definition) is 4. The number of aromatic nitrogens is 2. The van der Waals surface area contributed by atoms with E-state index in [0.717, 1.165) is 77.9 Å². The first-order valence-electron chi connectivity index (χ1n) is 27.5. The standard InChI is InChI=1S/C31H27Cl3N2O3.C29H22Cl3NO4.C2H7NO3S.O3S/c1-2-35-31(37)19-10-6-17(7-11-19)22-15-23(22)21-13-12-20(14-27(21)34)38-16-24-29(36-39-30(24)18-8-9-18)28-25(32)4-3-5-26(28)33;30-23-2-1-3-24(31)26(23)27-22(28(37-33-27)16-6-7-16)14-36-18-10-11-19(25(32)12-18)21-13-20(21)15-4-8-17(9-5-15)29(34)35;3-1-2-7(4,5)6;1-4(2)3/h3-7,10-14,18,22-23H,2,8-9,15-16H2,1H3,(H,35,37);1-5,8-12,16,20-21H,6-7,13-14H2,(H,34,35);1-3H2,(H,4,5,6);. The molecule has 0 radical (unpaired) electrons. The fraction of sp³-hybridized carbons (Fsp3) is 0.290. The molecule has 12 rings (SSSR count). The number of halogens is 6. The molecule has 5 N–H and O–H groups in total. The van der Waals surface area contributed by atoms with Crippen molar-refractivity contribution in [1.82, 2.24) is 15.6 Å². The van der Waals surface area contributed by atoms with E-state index in [1.807, 2.05) is 79.7 Å². The van der Waals surface area contributed by atoms with Gasteiger partial charge in [-0.1, -0.05) is 128 Å². The van der Waals surface area contributed by atoms with Crippen LogP contribution in [0.1, 0.15) is 147 Å². The van der Waals surface area contributed by atoms with E-state index in [1.165, 1.54) is 5.56 Å². The Hall–Kier alpha value is -6.49. The number of nitrogens with zero attached hydrogens (tertiary/aromatic N) is 2. The molecule has 0 saturated heterocycles. The minimum absolute atomic E-state index is 0.0289. The van der Waals surface area contributed by atoms with Crippen LogP contribution in [0.3, 0.4) is 0 Å². The lowest BCUT2D eigenvalue weighted by atomic mass is 10.0. The molecule has 4 saturated carbocycles. The first kappa shape index (κ1) is 65.0. The normalized spacial score (nSPS) is 17.3. The van der Waals surface area contributed by atoms with Crippen LogP contribution in [0, 0.1) is 0 Å². The van der Waals surface area contributed by atoms with E-state index in [-0.39, 0.29) is 37.0 Å². The van der Waals surface area contributed by atoms with E-state index in [0.29, 0.717) is 112 Å². The molecule has 0 aliphatic heterocycles. The zero-order valence-electron chi connectivity index (χ0n) is 46.2. The monoisotopic (exact) mass is 1340 g/mol. The lowest BCUT2D eigenvalue weighted by molar-refractivity contribution is 0.0696. The number of nitrogens with two attached hydrogens (primary N) is 1. The van der Waals surface area contributed by atoms with Gasteiger partial charge < -0.3 is 34.7 Å². The third kappa shape index (κ3) is 16.8. The number of aromatic carboxylic acids is 1. The number of hydrogen-bond acceptors (Lipinski definition) is 14. The van der Waals surface area contributed by atoms with Crippen LogP contribution in [0.5, 0.6) is 11.5 Å². The molecular formula is C62H56Cl6N4O13S2. The van der Waals surface area contributed by atoms with Crippen LogP contribution in [0.2, 0.25) is 30.1 Å². The van der Waals surface area contributed by atoms with Gasteiger partial charge in [-0.2, -0.15) is 8.42 Å². The largest absolute Gasteiger partial charge is 0.489 e. The summed E-state index contributed by atoms with van der Waals surface area (Å²) in [6.07, 6.45) is 6.23. The maximum Gasteiger partial charge on any atom is 0.425 e. The molecule has 4 atom stereocenters. The Bertz CT molecular complexity index is 4000. The van der Waals surface area contributed by atoms with Crippen LogP contribution in [0.15, 0.2) is 130 Å². The second-order valence-electron chi connectivity index (χ2n) is 21.0. The maximum atomic E-state index is 12.0. The van der Waals surface area contributed by atoms with Crippen molar-refractivity contribution < 1.29 is 58.8 Å². The van der Waals surface area contributed by atoms with Gasteiger partial charge in [0.05, 0.1) is 42.5 Å². The van der Waals surface area contributed by atoms with Gasteiger partial charge in [0.2, 0.25) is 0 Å². The molecule has 6 aromatic carbocycles. The summed E-state index contributed by atoms with van der Waals surface area (Å²) in [6, 6.07) is 37.3. The fourth-order valence-electron chi connectivity index (χ4n) is 10.2. The molecule has 4 aliphatic rings. The lowest BCUT2D eigenvalue weighted by Crippen LogP contribution is -2.22. The third-order valence-electron chi connectivity index (χ3n) is 14.9. The average Bonchev–Trinajstić information content (AvgIpc) is 1.77. The van der Waals surface area contributed by atoms with Crippen molar-refractivity contribution in [2.24, 2.45) is 5.73 Å². The fourth-order valence-corrected chi connectivity index (χ4v) is 12.3. The van der Waals surface area contributed by atoms with Crippen molar-refractivity contribution >= 4 is 102 Å². The Kier molecular flexibility index (Phi) is 21.5. The van der Waals surface area contributed by atoms with Gasteiger partial charge in [0.15, 0.2) is 0 Å². The Morgan fingerprint density at radius 2 is 1.00 bits per heavy atom. The highest BCUT2D eigenvalue weighted by Crippen LogP contribution is 2.58. The molecule has 4 unspecified atom stereocenters. The Morgan fingerprint density at radius 1 is 0.609 bits per heavy atom. The van der Waals surface area contributed by atoms with Crippen LogP contribution in [-0.4, -0.2) is 71.7 Å². The predicted molar refractivity (Wildman–Crippen MR) is 333 cm³/mol. The minimum Gasteiger partial charge on any atom is -0.489 e. The van der Waals surface area contributed by atoms with Gasteiger partial charge in [-0.3, -0.25) is 9.35 Å². The van der Waals surface area contributed by atoms with Crippen LogP contribution in [0.25, 0.3) is 22.5 Å². The second kappa shape index (κ2) is 28.8. The Morgan fingerprint density at radius 3 is 1.32 bits per heavy atom. The van der Waals surface area contributed by atoms with E-state index in [1.54, 1.807) is 48.5 Å². The van der Waals surface area contributed by atoms with Crippen LogP contribution in [-0.2, 0) is 33.9 Å². The Balaban J connectivity index is 0.000000177. The molecule has 2 heterocycles. The van der Waals surface area contributed by atoms with Crippen molar-refractivity contribution in [1.29, 1.82) is 0 Å². The molecule has 8 aromatic rings. The maximum absolute atomic E-state index is 12.0. The molecule has 25 heteroatoms. The molecule has 0 spiro atoms. The van der Waals surface area contributed by atoms with Crippen molar-refractivity contribution in [3.63, 3.8) is 0 Å². The quantitative estimate of drug-likeness (QED) is 0.0548. The summed E-state index contributed by atoms with van der Waals surface area (Å²) >= 11 is 39.3. The zero-order chi connectivity index (χ0) is 62.3. The summed E-state index contributed by atoms with van der Waals surface area (Å²) in [5.74, 6) is 3.69. The molecule has 1 amide bonds. The third-order valence-corrected chi connectivity index (χ3v) is 17.6. The molecule has 456 valence electrons. The molecule has 0 bridgehead atoms. The van der Waals surface area contributed by atoms with Gasteiger partial charge in [-0.25, -0.2) is 4.79 Å². The van der Waals surface area contributed by atoms with Crippen LogP contribution < -0.4 is 20.5 Å². The molecule has 87 heavy (non-hydrogen) atoms. The van der Waals surface area contributed by atoms with Crippen molar-refractivity contribution in [3.05, 3.63) is 207 Å². The summed E-state index contributed by atoms with van der Waals surface area (Å²) in [6.45, 7) is 3.02. The smallest absolute Gasteiger partial charge is 0.425 e. The number of carbonyl (C=O) groups is 2. The summed E-state index contributed by atoms with van der Waals surface area (Å²) in [4.78, 5) is 23.2. The van der Waals surface area contributed by atoms with Gasteiger partial charge >= 0.3 is 16.6 Å². The highest BCUT2D eigenvalue weighted by Gasteiger charge is 2.42. The number of rotatable bonds is 19. The van der Waals surface area contributed by atoms with E-state index in [9.17, 15) is 18.0 Å². The zero-order valence-corrected chi connectivity index (χ0v) is 52.4. The SMILES string of the molecule is CCNC(=O)c1ccc(C2CC2c2ccc(OCc3c(-c4c(Cl)cccc4Cl)noc3C3CC3)cc2Cl)cc1.NCCS(=O)(=O)O.O=C(O)c1ccc(C2CC2c2ccc(OCc3c(-c4c(Cl)cccc4Cl)noc3C3CC3)cc2Cl)cc1.O=S(=O)=O. The molecule has 2 aromatic heterocycles. The van der Waals surface area contributed by atoms with E-state index < -0.39 is 26.7 Å². The van der Waals surface area contributed by atoms with Gasteiger partial charge in [0.1, 0.15) is 47.6 Å². The van der Waals surface area contributed by atoms with E-state index >= 15 is 0 Å². The second-order valence-corrected chi connectivity index (χ2v) is 25.4.